The van der Waals surface area contributed by atoms with Gasteiger partial charge in [-0.05, 0) is 39.4 Å². The minimum Gasteiger partial charge on any atom is -0.387 e. The topological polar surface area (TPSA) is 72.4 Å². The zero-order chi connectivity index (χ0) is 21.0. The fraction of sp³-hybridized carbons (Fsp3) is 0.682. The maximum Gasteiger partial charge on any atom is 0.191 e. The summed E-state index contributed by atoms with van der Waals surface area (Å²) >= 11 is 0. The van der Waals surface area contributed by atoms with E-state index in [2.05, 4.69) is 63.7 Å². The van der Waals surface area contributed by atoms with E-state index in [4.69, 9.17) is 4.74 Å². The van der Waals surface area contributed by atoms with Crippen molar-refractivity contribution in [3.63, 3.8) is 0 Å². The average molecular weight is 406 g/mol. The number of aliphatic imine (C=N–C) groups is 1. The minimum absolute atomic E-state index is 0.369. The molecule has 1 fully saturated rings. The smallest absolute Gasteiger partial charge is 0.191 e. The highest BCUT2D eigenvalue weighted by molar-refractivity contribution is 5.79. The summed E-state index contributed by atoms with van der Waals surface area (Å²) in [5.41, 5.74) is 0.482. The SMILES string of the molecule is CCNC(=NCC(C)(O)CN1CCOCC1)NCCCN(C)Cc1ccccc1. The summed E-state index contributed by atoms with van der Waals surface area (Å²) in [6, 6.07) is 10.5. The number of aliphatic hydroxyl groups is 1. The van der Waals surface area contributed by atoms with Crippen molar-refractivity contribution >= 4 is 5.96 Å². The Bertz CT molecular complexity index is 588. The molecule has 1 aromatic rings. The van der Waals surface area contributed by atoms with Crippen molar-refractivity contribution in [3.8, 4) is 0 Å². The Morgan fingerprint density at radius 1 is 1.24 bits per heavy atom. The maximum absolute atomic E-state index is 10.7. The van der Waals surface area contributed by atoms with Gasteiger partial charge < -0.3 is 25.4 Å². The summed E-state index contributed by atoms with van der Waals surface area (Å²) in [5, 5.41) is 17.4. The van der Waals surface area contributed by atoms with Gasteiger partial charge in [0.05, 0.1) is 25.4 Å². The Labute approximate surface area is 176 Å². The quantitative estimate of drug-likeness (QED) is 0.291. The third kappa shape index (κ3) is 10.1. The lowest BCUT2D eigenvalue weighted by Crippen LogP contribution is -2.48. The second-order valence-corrected chi connectivity index (χ2v) is 8.08. The van der Waals surface area contributed by atoms with Crippen LogP contribution < -0.4 is 10.6 Å². The Kier molecular flexibility index (Phi) is 10.4. The molecular formula is C22H39N5O2. The lowest BCUT2D eigenvalue weighted by atomic mass is 10.1. The van der Waals surface area contributed by atoms with Gasteiger partial charge >= 0.3 is 0 Å². The lowest BCUT2D eigenvalue weighted by molar-refractivity contribution is -0.0179. The van der Waals surface area contributed by atoms with Crippen LogP contribution in [0.15, 0.2) is 35.3 Å². The number of nitrogens with zero attached hydrogens (tertiary/aromatic N) is 3. The van der Waals surface area contributed by atoms with Crippen LogP contribution in [-0.4, -0.2) is 92.5 Å². The molecule has 0 amide bonds. The van der Waals surface area contributed by atoms with Gasteiger partial charge in [0.1, 0.15) is 0 Å². The third-order valence-electron chi connectivity index (χ3n) is 4.89. The van der Waals surface area contributed by atoms with Crippen LogP contribution in [0.5, 0.6) is 0 Å². The molecule has 7 heteroatoms. The van der Waals surface area contributed by atoms with E-state index in [0.717, 1.165) is 64.9 Å². The number of rotatable bonds is 11. The second kappa shape index (κ2) is 12.8. The van der Waals surface area contributed by atoms with Gasteiger partial charge in [-0.15, -0.1) is 0 Å². The predicted octanol–water partition coefficient (Wildman–Crippen LogP) is 1.15. The Morgan fingerprint density at radius 3 is 2.66 bits per heavy atom. The molecule has 1 atom stereocenters. The lowest BCUT2D eigenvalue weighted by Gasteiger charge is -2.33. The maximum atomic E-state index is 10.7. The molecule has 0 aromatic heterocycles. The van der Waals surface area contributed by atoms with Gasteiger partial charge in [0, 0.05) is 39.3 Å². The number of β-amino-alcohol motifs (C(OH)–C–C–N with tert-alkyl or cyclic N) is 1. The van der Waals surface area contributed by atoms with Crippen LogP contribution in [0, 0.1) is 0 Å². The number of benzene rings is 1. The van der Waals surface area contributed by atoms with Crippen LogP contribution in [-0.2, 0) is 11.3 Å². The van der Waals surface area contributed by atoms with E-state index in [1.807, 2.05) is 13.0 Å². The van der Waals surface area contributed by atoms with E-state index in [1.165, 1.54) is 5.56 Å². The molecule has 0 saturated carbocycles. The fourth-order valence-electron chi connectivity index (χ4n) is 3.41. The van der Waals surface area contributed by atoms with Crippen LogP contribution >= 0.6 is 0 Å². The number of nitrogens with one attached hydrogen (secondary N) is 2. The van der Waals surface area contributed by atoms with Crippen LogP contribution in [0.1, 0.15) is 25.8 Å². The predicted molar refractivity (Wildman–Crippen MR) is 119 cm³/mol. The molecule has 2 rings (SSSR count). The first-order chi connectivity index (χ1) is 14.0. The van der Waals surface area contributed by atoms with Crippen LogP contribution in [0.4, 0.5) is 0 Å². The average Bonchev–Trinajstić information content (AvgIpc) is 2.70. The standard InChI is InChI=1S/C22H39N5O2/c1-4-23-21(25-18-22(2,28)19-27-13-15-29-16-14-27)24-11-8-12-26(3)17-20-9-6-5-7-10-20/h5-7,9-10,28H,4,8,11-19H2,1-3H3,(H2,23,24,25). The summed E-state index contributed by atoms with van der Waals surface area (Å²) < 4.78 is 5.37. The van der Waals surface area contributed by atoms with Crippen molar-refractivity contribution in [1.29, 1.82) is 0 Å². The molecule has 1 aliphatic heterocycles. The molecule has 0 spiro atoms. The van der Waals surface area contributed by atoms with Gasteiger partial charge in [-0.2, -0.15) is 0 Å². The highest BCUT2D eigenvalue weighted by atomic mass is 16.5. The van der Waals surface area contributed by atoms with E-state index >= 15 is 0 Å². The van der Waals surface area contributed by atoms with Gasteiger partial charge in [-0.1, -0.05) is 30.3 Å². The third-order valence-corrected chi connectivity index (χ3v) is 4.89. The summed E-state index contributed by atoms with van der Waals surface area (Å²) in [6.45, 7) is 11.7. The van der Waals surface area contributed by atoms with E-state index < -0.39 is 5.60 Å². The van der Waals surface area contributed by atoms with Crippen LogP contribution in [0.2, 0.25) is 0 Å². The molecule has 1 saturated heterocycles. The van der Waals surface area contributed by atoms with Gasteiger partial charge in [-0.3, -0.25) is 9.89 Å². The molecule has 1 heterocycles. The first-order valence-corrected chi connectivity index (χ1v) is 10.8. The number of hydrogen-bond acceptors (Lipinski definition) is 5. The summed E-state index contributed by atoms with van der Waals surface area (Å²) in [5.74, 6) is 0.764. The van der Waals surface area contributed by atoms with Crippen molar-refractivity contribution in [1.82, 2.24) is 20.4 Å². The molecule has 0 radical (unpaired) electrons. The van der Waals surface area contributed by atoms with E-state index in [0.29, 0.717) is 13.1 Å². The van der Waals surface area contributed by atoms with Gasteiger partial charge in [-0.25, -0.2) is 0 Å². The molecule has 1 aliphatic rings. The monoisotopic (exact) mass is 405 g/mol. The number of guanidine groups is 1. The normalized spacial score (nSPS) is 17.9. The summed E-state index contributed by atoms with van der Waals surface area (Å²) in [4.78, 5) is 9.17. The van der Waals surface area contributed by atoms with Gasteiger partial charge in [0.15, 0.2) is 5.96 Å². The number of hydrogen-bond donors (Lipinski definition) is 3. The van der Waals surface area contributed by atoms with Crippen molar-refractivity contribution in [2.24, 2.45) is 4.99 Å². The van der Waals surface area contributed by atoms with Crippen LogP contribution in [0.3, 0.4) is 0 Å². The molecule has 1 unspecified atom stereocenters. The zero-order valence-electron chi connectivity index (χ0n) is 18.4. The van der Waals surface area contributed by atoms with Crippen molar-refractivity contribution in [3.05, 3.63) is 35.9 Å². The van der Waals surface area contributed by atoms with Crippen molar-refractivity contribution < 1.29 is 9.84 Å². The number of morpholine rings is 1. The highest BCUT2D eigenvalue weighted by Crippen LogP contribution is 2.09. The number of ether oxygens (including phenoxy) is 1. The van der Waals surface area contributed by atoms with Crippen LogP contribution in [0.25, 0.3) is 0 Å². The Balaban J connectivity index is 1.70. The van der Waals surface area contributed by atoms with E-state index in [-0.39, 0.29) is 0 Å². The fourth-order valence-corrected chi connectivity index (χ4v) is 3.41. The van der Waals surface area contributed by atoms with Crippen molar-refractivity contribution in [2.75, 3.05) is 66.1 Å². The van der Waals surface area contributed by atoms with Gasteiger partial charge in [0.25, 0.3) is 0 Å². The molecular weight excluding hydrogens is 366 g/mol. The van der Waals surface area contributed by atoms with Gasteiger partial charge in [0.2, 0.25) is 0 Å². The summed E-state index contributed by atoms with van der Waals surface area (Å²) in [7, 11) is 2.15. The van der Waals surface area contributed by atoms with E-state index in [9.17, 15) is 5.11 Å². The Hall–Kier alpha value is -1.67. The molecule has 29 heavy (non-hydrogen) atoms. The zero-order valence-corrected chi connectivity index (χ0v) is 18.4. The Morgan fingerprint density at radius 2 is 1.97 bits per heavy atom. The largest absolute Gasteiger partial charge is 0.387 e. The second-order valence-electron chi connectivity index (χ2n) is 8.08. The first kappa shape index (κ1) is 23.6. The first-order valence-electron chi connectivity index (χ1n) is 10.8. The molecule has 3 N–H and O–H groups in total. The van der Waals surface area contributed by atoms with Crippen molar-refractivity contribution in [2.45, 2.75) is 32.4 Å². The molecule has 1 aromatic carbocycles. The molecule has 0 bridgehead atoms. The minimum atomic E-state index is -0.852. The molecule has 164 valence electrons. The molecule has 7 nitrogen and oxygen atoms in total. The highest BCUT2D eigenvalue weighted by Gasteiger charge is 2.25. The van der Waals surface area contributed by atoms with E-state index in [1.54, 1.807) is 0 Å². The summed E-state index contributed by atoms with van der Waals surface area (Å²) in [6.07, 6.45) is 1.03. The molecule has 0 aliphatic carbocycles.